The first-order chi connectivity index (χ1) is 13.8. The number of alkyl halides is 3. The molecule has 3 aromatic carbocycles. The Hall–Kier alpha value is -3.12. The average molecular weight is 396 g/mol. The predicted octanol–water partition coefficient (Wildman–Crippen LogP) is 5.05. The van der Waals surface area contributed by atoms with Gasteiger partial charge < -0.3 is 11.1 Å². The Kier molecular flexibility index (Phi) is 4.88. The van der Waals surface area contributed by atoms with Gasteiger partial charge in [0.1, 0.15) is 0 Å². The lowest BCUT2D eigenvalue weighted by atomic mass is 9.96. The van der Waals surface area contributed by atoms with Crippen LogP contribution < -0.4 is 11.1 Å². The topological polar surface area (TPSA) is 55.1 Å². The van der Waals surface area contributed by atoms with Gasteiger partial charge in [-0.1, -0.05) is 42.5 Å². The van der Waals surface area contributed by atoms with Gasteiger partial charge in [0.2, 0.25) is 0 Å². The predicted molar refractivity (Wildman–Crippen MR) is 107 cm³/mol. The first kappa shape index (κ1) is 19.2. The average Bonchev–Trinajstić information content (AvgIpc) is 3.06. The Morgan fingerprint density at radius 3 is 2.38 bits per heavy atom. The van der Waals surface area contributed by atoms with Crippen LogP contribution in [-0.4, -0.2) is 11.9 Å². The zero-order chi connectivity index (χ0) is 20.6. The van der Waals surface area contributed by atoms with E-state index in [0.29, 0.717) is 16.8 Å². The van der Waals surface area contributed by atoms with Gasteiger partial charge in [-0.25, -0.2) is 0 Å². The van der Waals surface area contributed by atoms with Gasteiger partial charge in [-0.3, -0.25) is 4.79 Å². The minimum atomic E-state index is -4.53. The zero-order valence-electron chi connectivity index (χ0n) is 15.5. The van der Waals surface area contributed by atoms with Crippen LogP contribution in [-0.2, 0) is 19.0 Å². The van der Waals surface area contributed by atoms with Gasteiger partial charge in [0.25, 0.3) is 5.91 Å². The molecule has 3 nitrogen and oxygen atoms in total. The summed E-state index contributed by atoms with van der Waals surface area (Å²) in [5.41, 5.74) is 8.95. The summed E-state index contributed by atoms with van der Waals surface area (Å²) in [6.07, 6.45) is -3.03. The van der Waals surface area contributed by atoms with E-state index in [4.69, 9.17) is 5.73 Å². The fourth-order valence-corrected chi connectivity index (χ4v) is 3.71. The van der Waals surface area contributed by atoms with Crippen molar-refractivity contribution in [3.05, 3.63) is 89.0 Å². The van der Waals surface area contributed by atoms with Crippen molar-refractivity contribution in [2.24, 2.45) is 5.73 Å². The number of carbonyl (C=O) groups is 1. The molecule has 0 radical (unpaired) electrons. The smallest absolute Gasteiger partial charge is 0.327 e. The van der Waals surface area contributed by atoms with Crippen LogP contribution >= 0.6 is 0 Å². The van der Waals surface area contributed by atoms with Gasteiger partial charge in [-0.05, 0) is 59.4 Å². The number of rotatable bonds is 3. The largest absolute Gasteiger partial charge is 0.416 e. The summed E-state index contributed by atoms with van der Waals surface area (Å²) >= 11 is 0. The third kappa shape index (κ3) is 4.03. The number of fused-ring (bicyclic) bond motifs is 1. The van der Waals surface area contributed by atoms with E-state index in [1.807, 2.05) is 18.2 Å². The lowest BCUT2D eigenvalue weighted by Crippen LogP contribution is -2.19. The molecule has 29 heavy (non-hydrogen) atoms. The minimum absolute atomic E-state index is 0.0248. The standard InChI is InChI=1S/C23H19F3N2O/c24-23(25,26)17-7-9-20(14-4-2-1-3-5-14)21(13-17)22(29)28-19-8-6-15-10-18(27)11-16(15)12-19/h1-9,12-13,18H,10-11,27H2,(H,28,29). The molecule has 1 aliphatic rings. The molecule has 148 valence electrons. The highest BCUT2D eigenvalue weighted by molar-refractivity contribution is 6.09. The Morgan fingerprint density at radius 2 is 1.66 bits per heavy atom. The van der Waals surface area contributed by atoms with E-state index in [2.05, 4.69) is 5.32 Å². The molecule has 1 aliphatic carbocycles. The molecular formula is C23H19F3N2O. The number of hydrogen-bond acceptors (Lipinski definition) is 2. The van der Waals surface area contributed by atoms with Crippen molar-refractivity contribution in [1.29, 1.82) is 0 Å². The van der Waals surface area contributed by atoms with Crippen LogP contribution in [0.15, 0.2) is 66.7 Å². The van der Waals surface area contributed by atoms with Crippen molar-refractivity contribution in [1.82, 2.24) is 0 Å². The second-order valence-electron chi connectivity index (χ2n) is 7.23. The highest BCUT2D eigenvalue weighted by atomic mass is 19.4. The molecule has 4 rings (SSSR count). The SMILES string of the molecule is NC1Cc2ccc(NC(=O)c3cc(C(F)(F)F)ccc3-c3ccccc3)cc2C1. The fourth-order valence-electron chi connectivity index (χ4n) is 3.71. The van der Waals surface area contributed by atoms with Crippen LogP contribution in [0.5, 0.6) is 0 Å². The zero-order valence-corrected chi connectivity index (χ0v) is 15.5. The molecule has 0 saturated heterocycles. The van der Waals surface area contributed by atoms with E-state index in [-0.39, 0.29) is 11.6 Å². The first-order valence-electron chi connectivity index (χ1n) is 9.26. The third-order valence-corrected chi connectivity index (χ3v) is 5.10. The highest BCUT2D eigenvalue weighted by Crippen LogP contribution is 2.34. The molecule has 3 aromatic rings. The summed E-state index contributed by atoms with van der Waals surface area (Å²) < 4.78 is 39.7. The molecule has 0 aliphatic heterocycles. The normalized spacial score (nSPS) is 15.8. The third-order valence-electron chi connectivity index (χ3n) is 5.10. The summed E-state index contributed by atoms with van der Waals surface area (Å²) in [4.78, 5) is 12.9. The van der Waals surface area contributed by atoms with Gasteiger partial charge >= 0.3 is 6.18 Å². The molecule has 0 bridgehead atoms. The van der Waals surface area contributed by atoms with Crippen molar-refractivity contribution in [3.63, 3.8) is 0 Å². The first-order valence-corrected chi connectivity index (χ1v) is 9.26. The highest BCUT2D eigenvalue weighted by Gasteiger charge is 2.32. The maximum Gasteiger partial charge on any atom is 0.416 e. The second-order valence-corrected chi connectivity index (χ2v) is 7.23. The number of nitrogens with two attached hydrogens (primary N) is 1. The summed E-state index contributed by atoms with van der Waals surface area (Å²) in [6.45, 7) is 0. The van der Waals surface area contributed by atoms with E-state index in [1.54, 1.807) is 30.3 Å². The molecule has 0 fully saturated rings. The Labute approximate surface area is 166 Å². The van der Waals surface area contributed by atoms with Gasteiger partial charge in [0.15, 0.2) is 0 Å². The van der Waals surface area contributed by atoms with Crippen LogP contribution in [0.2, 0.25) is 0 Å². The maximum absolute atomic E-state index is 13.2. The molecular weight excluding hydrogens is 377 g/mol. The molecule has 0 saturated carbocycles. The van der Waals surface area contributed by atoms with E-state index < -0.39 is 17.6 Å². The van der Waals surface area contributed by atoms with E-state index in [1.165, 1.54) is 6.07 Å². The molecule has 0 spiro atoms. The van der Waals surface area contributed by atoms with Crippen molar-refractivity contribution in [2.45, 2.75) is 25.1 Å². The van der Waals surface area contributed by atoms with E-state index >= 15 is 0 Å². The minimum Gasteiger partial charge on any atom is -0.327 e. The van der Waals surface area contributed by atoms with Gasteiger partial charge in [0, 0.05) is 17.3 Å². The maximum atomic E-state index is 13.2. The Balaban J connectivity index is 1.70. The lowest BCUT2D eigenvalue weighted by Gasteiger charge is -2.14. The van der Waals surface area contributed by atoms with E-state index in [0.717, 1.165) is 36.1 Å². The number of hydrogen-bond donors (Lipinski definition) is 2. The number of nitrogens with one attached hydrogen (secondary N) is 1. The van der Waals surface area contributed by atoms with Crippen molar-refractivity contribution in [2.75, 3.05) is 5.32 Å². The van der Waals surface area contributed by atoms with Crippen LogP contribution in [0.1, 0.15) is 27.0 Å². The number of amides is 1. The number of carbonyl (C=O) groups excluding carboxylic acids is 1. The van der Waals surface area contributed by atoms with E-state index in [9.17, 15) is 18.0 Å². The monoisotopic (exact) mass is 396 g/mol. The molecule has 1 unspecified atom stereocenters. The summed E-state index contributed by atoms with van der Waals surface area (Å²) in [7, 11) is 0. The van der Waals surface area contributed by atoms with Gasteiger partial charge in [-0.2, -0.15) is 13.2 Å². The Morgan fingerprint density at radius 1 is 0.931 bits per heavy atom. The van der Waals surface area contributed by atoms with Crippen molar-refractivity contribution >= 4 is 11.6 Å². The summed E-state index contributed by atoms with van der Waals surface area (Å²) in [6, 6.07) is 17.7. The lowest BCUT2D eigenvalue weighted by molar-refractivity contribution is -0.137. The van der Waals surface area contributed by atoms with Crippen molar-refractivity contribution < 1.29 is 18.0 Å². The van der Waals surface area contributed by atoms with Crippen LogP contribution in [0.4, 0.5) is 18.9 Å². The molecule has 6 heteroatoms. The van der Waals surface area contributed by atoms with Gasteiger partial charge in [-0.15, -0.1) is 0 Å². The number of benzene rings is 3. The van der Waals surface area contributed by atoms with Gasteiger partial charge in [0.05, 0.1) is 5.56 Å². The molecule has 3 N–H and O–H groups in total. The molecule has 1 atom stereocenters. The molecule has 0 aromatic heterocycles. The quantitative estimate of drug-likeness (QED) is 0.651. The van der Waals surface area contributed by atoms with Crippen molar-refractivity contribution in [3.8, 4) is 11.1 Å². The summed E-state index contributed by atoms with van der Waals surface area (Å²) in [5.74, 6) is -0.586. The Bertz CT molecular complexity index is 1060. The van der Waals surface area contributed by atoms with Crippen LogP contribution in [0.25, 0.3) is 11.1 Å². The van der Waals surface area contributed by atoms with Crippen LogP contribution in [0, 0.1) is 0 Å². The number of halogens is 3. The molecule has 0 heterocycles. The number of anilines is 1. The van der Waals surface area contributed by atoms with Crippen LogP contribution in [0.3, 0.4) is 0 Å². The fraction of sp³-hybridized carbons (Fsp3) is 0.174. The summed E-state index contributed by atoms with van der Waals surface area (Å²) in [5, 5.41) is 2.74. The molecule has 1 amide bonds. The second kappa shape index (κ2) is 7.37.